The van der Waals surface area contributed by atoms with Gasteiger partial charge in [0.25, 0.3) is 0 Å². The van der Waals surface area contributed by atoms with E-state index >= 15 is 0 Å². The number of aliphatic hydroxyl groups is 2. The van der Waals surface area contributed by atoms with Gasteiger partial charge in [-0.25, -0.2) is 0 Å². The van der Waals surface area contributed by atoms with Crippen molar-refractivity contribution < 1.29 is 19.7 Å². The van der Waals surface area contributed by atoms with Gasteiger partial charge in [0, 0.05) is 18.0 Å². The lowest BCUT2D eigenvalue weighted by atomic mass is 10.4. The first kappa shape index (κ1) is 15.6. The van der Waals surface area contributed by atoms with Crippen LogP contribution in [0, 0.1) is 0 Å². The molecule has 1 heterocycles. The molecule has 0 amide bonds. The maximum atomic E-state index is 9.62. The van der Waals surface area contributed by atoms with E-state index in [1.54, 1.807) is 11.3 Å². The van der Waals surface area contributed by atoms with Crippen LogP contribution in [0.1, 0.15) is 4.88 Å². The smallest absolute Gasteiger partial charge is 0.0897 e. The van der Waals surface area contributed by atoms with E-state index in [0.29, 0.717) is 39.5 Å². The van der Waals surface area contributed by atoms with Crippen molar-refractivity contribution in [2.75, 3.05) is 39.5 Å². The van der Waals surface area contributed by atoms with Crippen LogP contribution in [-0.2, 0) is 16.1 Å². The van der Waals surface area contributed by atoms with Crippen LogP contribution in [0.25, 0.3) is 0 Å². The third kappa shape index (κ3) is 7.75. The second-order valence-electron chi connectivity index (χ2n) is 3.79. The quantitative estimate of drug-likeness (QED) is 0.504. The van der Waals surface area contributed by atoms with Crippen LogP contribution in [-0.4, -0.2) is 55.8 Å². The molecule has 0 spiro atoms. The minimum Gasteiger partial charge on any atom is -0.394 e. The summed E-state index contributed by atoms with van der Waals surface area (Å²) in [7, 11) is 0. The average molecular weight is 275 g/mol. The fraction of sp³-hybridized carbons (Fsp3) is 0.667. The molecule has 0 aliphatic rings. The lowest BCUT2D eigenvalue weighted by molar-refractivity contribution is 0.0282. The lowest BCUT2D eigenvalue weighted by Crippen LogP contribution is -2.32. The summed E-state index contributed by atoms with van der Waals surface area (Å²) >= 11 is 1.64. The van der Waals surface area contributed by atoms with Gasteiger partial charge < -0.3 is 25.0 Å². The molecule has 0 radical (unpaired) electrons. The van der Waals surface area contributed by atoms with Crippen LogP contribution in [0.2, 0.25) is 0 Å². The molecule has 1 aromatic rings. The number of aliphatic hydroxyl groups excluding tert-OH is 2. The van der Waals surface area contributed by atoms with Crippen LogP contribution in [0.15, 0.2) is 17.5 Å². The molecule has 0 bridgehead atoms. The maximum absolute atomic E-state index is 9.62. The van der Waals surface area contributed by atoms with Crippen molar-refractivity contribution in [2.45, 2.75) is 12.7 Å². The number of hydrogen-bond donors (Lipinski definition) is 3. The molecule has 0 aliphatic heterocycles. The highest BCUT2D eigenvalue weighted by molar-refractivity contribution is 7.09. The molecule has 18 heavy (non-hydrogen) atoms. The second-order valence-corrected chi connectivity index (χ2v) is 4.82. The number of rotatable bonds is 11. The van der Waals surface area contributed by atoms with E-state index in [1.165, 1.54) is 0 Å². The molecule has 0 saturated heterocycles. The van der Waals surface area contributed by atoms with Crippen molar-refractivity contribution >= 4 is 11.3 Å². The molecule has 5 nitrogen and oxygen atoms in total. The zero-order valence-corrected chi connectivity index (χ0v) is 11.2. The molecular weight excluding hydrogens is 254 g/mol. The van der Waals surface area contributed by atoms with Gasteiger partial charge in [-0.15, -0.1) is 11.3 Å². The molecule has 1 aromatic heterocycles. The number of nitrogens with one attached hydrogen (secondary N) is 1. The molecule has 1 rings (SSSR count). The molecule has 104 valence electrons. The predicted molar refractivity (Wildman–Crippen MR) is 70.8 cm³/mol. The van der Waals surface area contributed by atoms with E-state index in [0.717, 1.165) is 4.88 Å². The Labute approximate surface area is 111 Å². The van der Waals surface area contributed by atoms with Gasteiger partial charge in [-0.3, -0.25) is 0 Å². The molecule has 0 aromatic carbocycles. The highest BCUT2D eigenvalue weighted by Crippen LogP contribution is 2.09. The van der Waals surface area contributed by atoms with Crippen molar-refractivity contribution in [2.24, 2.45) is 0 Å². The third-order valence-electron chi connectivity index (χ3n) is 2.17. The van der Waals surface area contributed by atoms with Crippen LogP contribution in [0.3, 0.4) is 0 Å². The van der Waals surface area contributed by atoms with E-state index < -0.39 is 6.10 Å². The molecular formula is C12H21NO4S. The fourth-order valence-electron chi connectivity index (χ4n) is 1.33. The summed E-state index contributed by atoms with van der Waals surface area (Å²) in [5, 5.41) is 23.2. The topological polar surface area (TPSA) is 71.0 Å². The Morgan fingerprint density at radius 1 is 1.33 bits per heavy atom. The predicted octanol–water partition coefficient (Wildman–Crippen LogP) is 0.224. The standard InChI is InChI=1S/C12H21NO4S/c14-4-6-16-5-3-13-8-11(15)9-17-10-12-2-1-7-18-12/h1-2,7,11,13-15H,3-6,8-10H2. The first-order chi connectivity index (χ1) is 8.83. The van der Waals surface area contributed by atoms with E-state index in [2.05, 4.69) is 5.32 Å². The zero-order chi connectivity index (χ0) is 13.1. The normalized spacial score (nSPS) is 12.8. The molecule has 0 fully saturated rings. The summed E-state index contributed by atoms with van der Waals surface area (Å²) in [6.45, 7) is 2.93. The van der Waals surface area contributed by atoms with Gasteiger partial charge in [0.1, 0.15) is 0 Å². The minimum atomic E-state index is -0.511. The van der Waals surface area contributed by atoms with Crippen molar-refractivity contribution in [3.8, 4) is 0 Å². The highest BCUT2D eigenvalue weighted by atomic mass is 32.1. The zero-order valence-electron chi connectivity index (χ0n) is 10.4. The van der Waals surface area contributed by atoms with Gasteiger partial charge in [-0.05, 0) is 11.4 Å². The molecule has 3 N–H and O–H groups in total. The Hall–Kier alpha value is -0.500. The monoisotopic (exact) mass is 275 g/mol. The lowest BCUT2D eigenvalue weighted by Gasteiger charge is -2.12. The number of hydrogen-bond acceptors (Lipinski definition) is 6. The molecule has 1 atom stereocenters. The SMILES string of the molecule is OCCOCCNCC(O)COCc1cccs1. The molecule has 6 heteroatoms. The summed E-state index contributed by atoms with van der Waals surface area (Å²) in [5.74, 6) is 0. The van der Waals surface area contributed by atoms with Crippen LogP contribution in [0.4, 0.5) is 0 Å². The molecule has 0 saturated carbocycles. The van der Waals surface area contributed by atoms with Crippen molar-refractivity contribution in [3.05, 3.63) is 22.4 Å². The van der Waals surface area contributed by atoms with Gasteiger partial charge in [0.2, 0.25) is 0 Å². The minimum absolute atomic E-state index is 0.0409. The highest BCUT2D eigenvalue weighted by Gasteiger charge is 2.04. The first-order valence-electron chi connectivity index (χ1n) is 6.00. The fourth-order valence-corrected chi connectivity index (χ4v) is 1.97. The Balaban J connectivity index is 1.89. The van der Waals surface area contributed by atoms with Gasteiger partial charge in [0.15, 0.2) is 0 Å². The Morgan fingerprint density at radius 3 is 2.94 bits per heavy atom. The Kier molecular flexibility index (Phi) is 9.01. The Bertz CT molecular complexity index is 282. The molecule has 0 aliphatic carbocycles. The summed E-state index contributed by atoms with van der Waals surface area (Å²) in [4.78, 5) is 1.16. The largest absolute Gasteiger partial charge is 0.394 e. The van der Waals surface area contributed by atoms with E-state index in [-0.39, 0.29) is 6.61 Å². The van der Waals surface area contributed by atoms with Gasteiger partial charge in [-0.2, -0.15) is 0 Å². The summed E-state index contributed by atoms with van der Waals surface area (Å²) in [6, 6.07) is 3.99. The second kappa shape index (κ2) is 10.4. The van der Waals surface area contributed by atoms with Gasteiger partial charge in [-0.1, -0.05) is 6.07 Å². The third-order valence-corrected chi connectivity index (χ3v) is 3.02. The number of ether oxygens (including phenoxy) is 2. The van der Waals surface area contributed by atoms with E-state index in [1.807, 2.05) is 17.5 Å². The number of thiophene rings is 1. The van der Waals surface area contributed by atoms with E-state index in [9.17, 15) is 5.11 Å². The average Bonchev–Trinajstić information content (AvgIpc) is 2.87. The van der Waals surface area contributed by atoms with Crippen molar-refractivity contribution in [3.63, 3.8) is 0 Å². The van der Waals surface area contributed by atoms with Gasteiger partial charge in [0.05, 0.1) is 39.1 Å². The van der Waals surface area contributed by atoms with E-state index in [4.69, 9.17) is 14.6 Å². The molecule has 1 unspecified atom stereocenters. The van der Waals surface area contributed by atoms with Crippen LogP contribution < -0.4 is 5.32 Å². The van der Waals surface area contributed by atoms with Gasteiger partial charge >= 0.3 is 0 Å². The van der Waals surface area contributed by atoms with Crippen LogP contribution >= 0.6 is 11.3 Å². The summed E-state index contributed by atoms with van der Waals surface area (Å²) in [6.07, 6.45) is -0.511. The van der Waals surface area contributed by atoms with Crippen LogP contribution in [0.5, 0.6) is 0 Å². The van der Waals surface area contributed by atoms with Crippen molar-refractivity contribution in [1.82, 2.24) is 5.32 Å². The van der Waals surface area contributed by atoms with Crippen molar-refractivity contribution in [1.29, 1.82) is 0 Å². The summed E-state index contributed by atoms with van der Waals surface area (Å²) < 4.78 is 10.5. The maximum Gasteiger partial charge on any atom is 0.0897 e. The summed E-state index contributed by atoms with van der Waals surface area (Å²) in [5.41, 5.74) is 0. The first-order valence-corrected chi connectivity index (χ1v) is 6.88. The Morgan fingerprint density at radius 2 is 2.22 bits per heavy atom.